The molecule has 0 aromatic heterocycles. The number of benzene rings is 1. The number of carbonyl (C=O) groups is 4. The number of ether oxygens (including phenoxy) is 3. The number of carbonyl (C=O) groups excluding carboxylic acids is 4. The van der Waals surface area contributed by atoms with E-state index in [0.29, 0.717) is 12.1 Å². The molecule has 0 aliphatic carbocycles. The molecule has 0 fully saturated rings. The molecule has 0 aliphatic rings. The molecule has 1 aromatic carbocycles. The normalized spacial score (nSPS) is 12.9. The first kappa shape index (κ1) is 24.9. The largest absolute Gasteiger partial charge is 0.467 e. The molecule has 0 bridgehead atoms. The molecule has 0 heterocycles. The van der Waals surface area contributed by atoms with E-state index in [2.05, 4.69) is 10.6 Å². The van der Waals surface area contributed by atoms with Gasteiger partial charge in [-0.1, -0.05) is 20.3 Å². The Kier molecular flexibility index (Phi) is 9.29. The first-order valence-electron chi connectivity index (χ1n) is 9.61. The molecular formula is C21H30N2O7. The van der Waals surface area contributed by atoms with Crippen molar-refractivity contribution in [2.24, 2.45) is 5.92 Å². The Hall–Kier alpha value is -3.10. The van der Waals surface area contributed by atoms with Crippen molar-refractivity contribution in [3.05, 3.63) is 29.8 Å². The van der Waals surface area contributed by atoms with E-state index in [-0.39, 0.29) is 11.5 Å². The van der Waals surface area contributed by atoms with Crippen molar-refractivity contribution in [3.63, 3.8) is 0 Å². The molecule has 0 spiro atoms. The summed E-state index contributed by atoms with van der Waals surface area (Å²) in [6, 6.07) is 5.10. The number of amides is 2. The van der Waals surface area contributed by atoms with Gasteiger partial charge in [0.05, 0.1) is 12.7 Å². The maximum absolute atomic E-state index is 12.1. The van der Waals surface area contributed by atoms with Gasteiger partial charge in [-0.15, -0.1) is 0 Å². The smallest absolute Gasteiger partial charge is 0.412 e. The van der Waals surface area contributed by atoms with Crippen molar-refractivity contribution < 1.29 is 33.4 Å². The number of methoxy groups -OCH3 is 1. The summed E-state index contributed by atoms with van der Waals surface area (Å²) in [6.07, 6.45) is 0.0414. The van der Waals surface area contributed by atoms with Crippen LogP contribution in [0.5, 0.6) is 0 Å². The lowest BCUT2D eigenvalue weighted by molar-refractivity contribution is -0.147. The van der Waals surface area contributed by atoms with E-state index in [1.807, 2.05) is 6.92 Å². The molecule has 9 heteroatoms. The molecule has 0 unspecified atom stereocenters. The Labute approximate surface area is 176 Å². The lowest BCUT2D eigenvalue weighted by Crippen LogP contribution is -2.47. The molecule has 0 aliphatic heterocycles. The number of esters is 2. The zero-order chi connectivity index (χ0) is 22.9. The predicted molar refractivity (Wildman–Crippen MR) is 110 cm³/mol. The zero-order valence-corrected chi connectivity index (χ0v) is 18.2. The lowest BCUT2D eigenvalue weighted by atomic mass is 9.99. The van der Waals surface area contributed by atoms with E-state index in [1.54, 1.807) is 27.7 Å². The van der Waals surface area contributed by atoms with Crippen molar-refractivity contribution in [2.75, 3.05) is 19.0 Å². The summed E-state index contributed by atoms with van der Waals surface area (Å²) >= 11 is 0. The molecule has 30 heavy (non-hydrogen) atoms. The van der Waals surface area contributed by atoms with Gasteiger partial charge in [0.2, 0.25) is 0 Å². The number of rotatable bonds is 8. The number of nitrogens with one attached hydrogen (secondary N) is 2. The molecule has 166 valence electrons. The quantitative estimate of drug-likeness (QED) is 0.488. The van der Waals surface area contributed by atoms with E-state index in [0.717, 1.165) is 0 Å². The highest BCUT2D eigenvalue weighted by atomic mass is 16.6. The monoisotopic (exact) mass is 422 g/mol. The lowest BCUT2D eigenvalue weighted by Gasteiger charge is -2.21. The molecule has 1 rings (SSSR count). The fourth-order valence-electron chi connectivity index (χ4n) is 2.34. The minimum atomic E-state index is -0.815. The highest BCUT2D eigenvalue weighted by molar-refractivity contribution is 5.93. The van der Waals surface area contributed by atoms with Crippen LogP contribution in [0, 0.1) is 5.92 Å². The minimum Gasteiger partial charge on any atom is -0.467 e. The molecule has 0 saturated heterocycles. The van der Waals surface area contributed by atoms with Crippen LogP contribution in [0.25, 0.3) is 0 Å². The van der Waals surface area contributed by atoms with Crippen LogP contribution in [-0.4, -0.2) is 49.3 Å². The summed E-state index contributed by atoms with van der Waals surface area (Å²) in [5.41, 5.74) is 0.00734. The maximum atomic E-state index is 12.1. The second-order valence-corrected chi connectivity index (χ2v) is 7.73. The van der Waals surface area contributed by atoms with Gasteiger partial charge in [-0.25, -0.2) is 14.4 Å². The molecule has 2 amide bonds. The first-order chi connectivity index (χ1) is 14.0. The van der Waals surface area contributed by atoms with E-state index in [1.165, 1.54) is 31.4 Å². The summed E-state index contributed by atoms with van der Waals surface area (Å²) in [6.45, 7) is 8.39. The van der Waals surface area contributed by atoms with Gasteiger partial charge in [-0.05, 0) is 51.0 Å². The molecule has 0 saturated carbocycles. The highest BCUT2D eigenvalue weighted by Gasteiger charge is 2.27. The van der Waals surface area contributed by atoms with Crippen molar-refractivity contribution in [1.29, 1.82) is 0 Å². The van der Waals surface area contributed by atoms with Gasteiger partial charge < -0.3 is 19.5 Å². The topological polar surface area (TPSA) is 120 Å². The van der Waals surface area contributed by atoms with Crippen molar-refractivity contribution in [1.82, 2.24) is 5.32 Å². The molecule has 1 aromatic rings. The summed E-state index contributed by atoms with van der Waals surface area (Å²) in [4.78, 5) is 47.8. The Morgan fingerprint density at radius 2 is 1.67 bits per heavy atom. The Balaban J connectivity index is 2.59. The Bertz CT molecular complexity index is 754. The molecule has 2 N–H and O–H groups in total. The molecule has 2 atom stereocenters. The second kappa shape index (κ2) is 11.2. The summed E-state index contributed by atoms with van der Waals surface area (Å²) in [5, 5.41) is 5.07. The summed E-state index contributed by atoms with van der Waals surface area (Å²) in [7, 11) is 1.24. The second-order valence-electron chi connectivity index (χ2n) is 7.73. The molecule has 0 radical (unpaired) electrons. The van der Waals surface area contributed by atoms with Crippen LogP contribution < -0.4 is 10.6 Å². The van der Waals surface area contributed by atoms with Gasteiger partial charge >= 0.3 is 18.0 Å². The van der Waals surface area contributed by atoms with Crippen LogP contribution in [-0.2, 0) is 23.8 Å². The van der Waals surface area contributed by atoms with Crippen LogP contribution in [0.3, 0.4) is 0 Å². The van der Waals surface area contributed by atoms with Gasteiger partial charge in [-0.3, -0.25) is 10.1 Å². The first-order valence-corrected chi connectivity index (χ1v) is 9.61. The SMILES string of the molecule is CC[C@H](C)[C@H](NC(=O)COC(=O)c1ccc(NC(=O)OC(C)(C)C)cc1)C(=O)OC. The van der Waals surface area contributed by atoms with E-state index in [9.17, 15) is 19.2 Å². The maximum Gasteiger partial charge on any atom is 0.412 e. The Morgan fingerprint density at radius 1 is 1.07 bits per heavy atom. The third-order valence-electron chi connectivity index (χ3n) is 4.08. The van der Waals surface area contributed by atoms with Gasteiger partial charge in [0, 0.05) is 5.69 Å². The van der Waals surface area contributed by atoms with Crippen LogP contribution in [0.2, 0.25) is 0 Å². The molecule has 9 nitrogen and oxygen atoms in total. The average molecular weight is 422 g/mol. The minimum absolute atomic E-state index is 0.137. The van der Waals surface area contributed by atoms with Crippen LogP contribution in [0.1, 0.15) is 51.4 Å². The fraction of sp³-hybridized carbons (Fsp3) is 0.524. The fourth-order valence-corrected chi connectivity index (χ4v) is 2.34. The van der Waals surface area contributed by atoms with Gasteiger partial charge in [0.15, 0.2) is 6.61 Å². The summed E-state index contributed by atoms with van der Waals surface area (Å²) < 4.78 is 14.8. The summed E-state index contributed by atoms with van der Waals surface area (Å²) in [5.74, 6) is -2.02. The standard InChI is InChI=1S/C21H30N2O7/c1-7-13(2)17(19(26)28-6)23-16(24)12-29-18(25)14-8-10-15(11-9-14)22-20(27)30-21(3,4)5/h8-11,13,17H,7,12H2,1-6H3,(H,22,27)(H,23,24)/t13-,17-/m0/s1. The average Bonchev–Trinajstić information content (AvgIpc) is 2.68. The third-order valence-corrected chi connectivity index (χ3v) is 4.08. The van der Waals surface area contributed by atoms with Gasteiger partial charge in [-0.2, -0.15) is 0 Å². The Morgan fingerprint density at radius 3 is 2.17 bits per heavy atom. The van der Waals surface area contributed by atoms with Crippen molar-refractivity contribution in [3.8, 4) is 0 Å². The van der Waals surface area contributed by atoms with Crippen molar-refractivity contribution in [2.45, 2.75) is 52.7 Å². The number of anilines is 1. The van der Waals surface area contributed by atoms with E-state index >= 15 is 0 Å². The van der Waals surface area contributed by atoms with Gasteiger partial charge in [0.25, 0.3) is 5.91 Å². The highest BCUT2D eigenvalue weighted by Crippen LogP contribution is 2.14. The third kappa shape index (κ3) is 8.50. The van der Waals surface area contributed by atoms with Crippen LogP contribution in [0.15, 0.2) is 24.3 Å². The molecular weight excluding hydrogens is 392 g/mol. The van der Waals surface area contributed by atoms with Crippen LogP contribution >= 0.6 is 0 Å². The van der Waals surface area contributed by atoms with Crippen molar-refractivity contribution >= 4 is 29.6 Å². The number of hydrogen-bond acceptors (Lipinski definition) is 7. The zero-order valence-electron chi connectivity index (χ0n) is 18.2. The predicted octanol–water partition coefficient (Wildman–Crippen LogP) is 2.89. The van der Waals surface area contributed by atoms with E-state index in [4.69, 9.17) is 14.2 Å². The van der Waals surface area contributed by atoms with Crippen LogP contribution in [0.4, 0.5) is 10.5 Å². The van der Waals surface area contributed by atoms with Gasteiger partial charge in [0.1, 0.15) is 11.6 Å². The number of hydrogen-bond donors (Lipinski definition) is 2. The van der Waals surface area contributed by atoms with E-state index < -0.39 is 42.2 Å².